The summed E-state index contributed by atoms with van der Waals surface area (Å²) in [5, 5.41) is 11.0. The fourth-order valence-electron chi connectivity index (χ4n) is 8.35. The fraction of sp³-hybridized carbons (Fsp3) is 0.295. The average molecular weight is 752 g/mol. The second-order valence-electron chi connectivity index (χ2n) is 15.2. The maximum Gasteiger partial charge on any atom is 0.264 e. The number of fused-ring (bicyclic) bond motifs is 3. The molecule has 0 unspecified atom stereocenters. The minimum absolute atomic E-state index is 0.0270. The van der Waals surface area contributed by atoms with Crippen molar-refractivity contribution in [2.24, 2.45) is 14.1 Å². The summed E-state index contributed by atoms with van der Waals surface area (Å²) in [6.45, 7) is 7.17. The number of piperazine rings is 1. The van der Waals surface area contributed by atoms with Crippen LogP contribution >= 0.6 is 0 Å². The van der Waals surface area contributed by atoms with Gasteiger partial charge in [0.2, 0.25) is 6.79 Å². The number of pyridine rings is 1. The Labute approximate surface area is 325 Å². The second kappa shape index (κ2) is 14.2. The third-order valence-corrected chi connectivity index (χ3v) is 11.7. The fourth-order valence-corrected chi connectivity index (χ4v) is 8.35. The highest BCUT2D eigenvalue weighted by molar-refractivity contribution is 6.13. The van der Waals surface area contributed by atoms with E-state index in [1.165, 1.54) is 5.56 Å². The number of rotatable bonds is 7. The van der Waals surface area contributed by atoms with Crippen LogP contribution in [0.3, 0.4) is 0 Å². The first-order valence-corrected chi connectivity index (χ1v) is 19.1. The first kappa shape index (κ1) is 35.6. The molecule has 9 rings (SSSR count). The number of carbonyl (C=O) groups excluding carboxylic acids is 2. The van der Waals surface area contributed by atoms with Crippen LogP contribution in [0.2, 0.25) is 0 Å². The summed E-state index contributed by atoms with van der Waals surface area (Å²) in [5.41, 5.74) is 7.41. The standard InChI is InChI=1S/C44H45N7O5/c1-28-36(44(54)51(32-9-11-35(52)12-10-32)33-20-30-13-14-47(3)42(30)45-24-33)21-39(48(28)4)37-22-40-41(56-27-55-40)23-38(37)43(53)50-25-31-8-6-5-7-29(31)19-34(50)26-49-17-15-46(2)16-18-49/h5-14,20-24,34,52H,15-19,25-27H2,1-4H3/t34-/m0/s1. The van der Waals surface area contributed by atoms with E-state index in [0.717, 1.165) is 61.4 Å². The number of likely N-dealkylation sites (N-methyl/N-ethyl adjacent to an activating group) is 1. The molecule has 0 radical (unpaired) electrons. The Hall–Kier alpha value is -6.11. The van der Waals surface area contributed by atoms with E-state index >= 15 is 4.79 Å². The molecule has 1 atom stereocenters. The smallest absolute Gasteiger partial charge is 0.264 e. The van der Waals surface area contributed by atoms with E-state index in [2.05, 4.69) is 40.0 Å². The summed E-state index contributed by atoms with van der Waals surface area (Å²) in [6.07, 6.45) is 4.40. The van der Waals surface area contributed by atoms with E-state index < -0.39 is 0 Å². The van der Waals surface area contributed by atoms with Gasteiger partial charge in [-0.2, -0.15) is 0 Å². The van der Waals surface area contributed by atoms with Crippen LogP contribution in [0.25, 0.3) is 22.3 Å². The Balaban J connectivity index is 1.12. The highest BCUT2D eigenvalue weighted by Crippen LogP contribution is 2.42. The summed E-state index contributed by atoms with van der Waals surface area (Å²) in [6, 6.07) is 24.4. The van der Waals surface area contributed by atoms with E-state index in [1.54, 1.807) is 41.4 Å². The normalized spacial score (nSPS) is 17.0. The number of nitrogens with zero attached hydrogens (tertiary/aromatic N) is 7. The molecule has 2 amide bonds. The van der Waals surface area contributed by atoms with E-state index in [1.807, 2.05) is 71.6 Å². The van der Waals surface area contributed by atoms with Crippen LogP contribution in [0.15, 0.2) is 91.3 Å². The van der Waals surface area contributed by atoms with Crippen molar-refractivity contribution in [2.45, 2.75) is 25.9 Å². The number of hydrogen-bond donors (Lipinski definition) is 1. The van der Waals surface area contributed by atoms with Crippen molar-refractivity contribution < 1.29 is 24.2 Å². The molecule has 0 saturated carbocycles. The number of carbonyl (C=O) groups is 2. The summed E-state index contributed by atoms with van der Waals surface area (Å²) in [5.74, 6) is 0.801. The monoisotopic (exact) mass is 751 g/mol. The van der Waals surface area contributed by atoms with Crippen molar-refractivity contribution in [1.29, 1.82) is 0 Å². The lowest BCUT2D eigenvalue weighted by atomic mass is 9.92. The molecule has 1 fully saturated rings. The third kappa shape index (κ3) is 6.34. The number of hydrogen-bond acceptors (Lipinski definition) is 8. The van der Waals surface area contributed by atoms with E-state index in [9.17, 15) is 9.90 Å². The minimum Gasteiger partial charge on any atom is -0.508 e. The number of phenols is 1. The Morgan fingerprint density at radius 1 is 0.857 bits per heavy atom. The van der Waals surface area contributed by atoms with Crippen LogP contribution in [0.4, 0.5) is 11.4 Å². The molecule has 3 aliphatic heterocycles. The van der Waals surface area contributed by atoms with Gasteiger partial charge in [0, 0.05) is 93.6 Å². The van der Waals surface area contributed by atoms with Gasteiger partial charge in [-0.3, -0.25) is 19.4 Å². The number of aromatic nitrogens is 3. The lowest BCUT2D eigenvalue weighted by Gasteiger charge is -2.41. The molecule has 56 heavy (non-hydrogen) atoms. The van der Waals surface area contributed by atoms with Gasteiger partial charge in [0.25, 0.3) is 11.8 Å². The summed E-state index contributed by atoms with van der Waals surface area (Å²) in [4.78, 5) is 43.2. The van der Waals surface area contributed by atoms with Gasteiger partial charge in [-0.1, -0.05) is 24.3 Å². The van der Waals surface area contributed by atoms with Crippen molar-refractivity contribution in [3.8, 4) is 28.5 Å². The number of aryl methyl sites for hydroxylation is 1. The molecule has 12 heteroatoms. The van der Waals surface area contributed by atoms with Crippen molar-refractivity contribution >= 4 is 34.2 Å². The van der Waals surface area contributed by atoms with Gasteiger partial charge in [0.1, 0.15) is 11.4 Å². The predicted molar refractivity (Wildman–Crippen MR) is 215 cm³/mol. The van der Waals surface area contributed by atoms with E-state index in [4.69, 9.17) is 9.47 Å². The molecule has 0 aliphatic carbocycles. The minimum atomic E-state index is -0.277. The van der Waals surface area contributed by atoms with E-state index in [0.29, 0.717) is 51.8 Å². The Bertz CT molecular complexity index is 2480. The first-order chi connectivity index (χ1) is 27.1. The van der Waals surface area contributed by atoms with Crippen LogP contribution < -0.4 is 14.4 Å². The van der Waals surface area contributed by atoms with Crippen LogP contribution in [-0.4, -0.2) is 98.3 Å². The average Bonchev–Trinajstić information content (AvgIpc) is 3.91. The van der Waals surface area contributed by atoms with Gasteiger partial charge in [0.15, 0.2) is 11.5 Å². The van der Waals surface area contributed by atoms with Gasteiger partial charge in [-0.05, 0) is 86.1 Å². The molecule has 286 valence electrons. The number of aromatic hydroxyl groups is 1. The van der Waals surface area contributed by atoms with Crippen molar-refractivity contribution in [2.75, 3.05) is 51.5 Å². The lowest BCUT2D eigenvalue weighted by Crippen LogP contribution is -2.53. The summed E-state index contributed by atoms with van der Waals surface area (Å²) in [7, 11) is 6.00. The summed E-state index contributed by atoms with van der Waals surface area (Å²) >= 11 is 0. The second-order valence-corrected chi connectivity index (χ2v) is 15.2. The molecule has 0 bridgehead atoms. The zero-order valence-electron chi connectivity index (χ0n) is 32.1. The molecule has 6 heterocycles. The van der Waals surface area contributed by atoms with E-state index in [-0.39, 0.29) is 30.4 Å². The molecule has 3 aromatic carbocycles. The van der Waals surface area contributed by atoms with Crippen molar-refractivity contribution in [3.05, 3.63) is 119 Å². The zero-order chi connectivity index (χ0) is 38.7. The number of phenolic OH excluding ortho intramolecular Hbond substituents is 1. The van der Waals surface area contributed by atoms with Gasteiger partial charge >= 0.3 is 0 Å². The van der Waals surface area contributed by atoms with Gasteiger partial charge in [0.05, 0.1) is 23.0 Å². The third-order valence-electron chi connectivity index (χ3n) is 11.7. The molecule has 3 aliphatic rings. The predicted octanol–water partition coefficient (Wildman–Crippen LogP) is 6.11. The van der Waals surface area contributed by atoms with Crippen LogP contribution in [-0.2, 0) is 27.1 Å². The number of benzene rings is 3. The topological polar surface area (TPSA) is 109 Å². The molecular weight excluding hydrogens is 707 g/mol. The van der Waals surface area contributed by atoms with Crippen LogP contribution in [0.5, 0.6) is 17.2 Å². The first-order valence-electron chi connectivity index (χ1n) is 19.1. The zero-order valence-corrected chi connectivity index (χ0v) is 32.1. The molecule has 6 aromatic rings. The number of ether oxygens (including phenoxy) is 2. The van der Waals surface area contributed by atoms with Crippen molar-refractivity contribution in [1.82, 2.24) is 28.8 Å². The van der Waals surface area contributed by atoms with Gasteiger partial charge in [-0.25, -0.2) is 4.98 Å². The lowest BCUT2D eigenvalue weighted by molar-refractivity contribution is 0.0536. The molecule has 1 N–H and O–H groups in total. The Morgan fingerprint density at radius 3 is 2.36 bits per heavy atom. The highest BCUT2D eigenvalue weighted by atomic mass is 16.7. The Morgan fingerprint density at radius 2 is 1.59 bits per heavy atom. The number of amides is 2. The van der Waals surface area contributed by atoms with Crippen LogP contribution in [0.1, 0.15) is 37.5 Å². The largest absolute Gasteiger partial charge is 0.508 e. The molecular formula is C44H45N7O5. The SMILES string of the molecule is Cc1c(C(=O)N(c2ccc(O)cc2)c2cnc3c(ccn3C)c2)cc(-c2cc3c(cc2C(=O)N2Cc4ccccc4C[C@H]2CN2CCN(C)CC2)OCO3)n1C. The number of anilines is 2. The van der Waals surface area contributed by atoms with Crippen LogP contribution in [0, 0.1) is 6.92 Å². The molecule has 0 spiro atoms. The summed E-state index contributed by atoms with van der Waals surface area (Å²) < 4.78 is 15.6. The quantitative estimate of drug-likeness (QED) is 0.208. The maximum absolute atomic E-state index is 15.1. The molecule has 12 nitrogen and oxygen atoms in total. The Kier molecular flexibility index (Phi) is 9.02. The highest BCUT2D eigenvalue weighted by Gasteiger charge is 2.35. The van der Waals surface area contributed by atoms with Gasteiger partial charge in [-0.15, -0.1) is 0 Å². The molecule has 3 aromatic heterocycles. The maximum atomic E-state index is 15.1. The van der Waals surface area contributed by atoms with Gasteiger partial charge < -0.3 is 33.5 Å². The van der Waals surface area contributed by atoms with Crippen molar-refractivity contribution in [3.63, 3.8) is 0 Å². The molecule has 1 saturated heterocycles.